The van der Waals surface area contributed by atoms with Crippen LogP contribution in [0.2, 0.25) is 0 Å². The Labute approximate surface area is 172 Å². The Morgan fingerprint density at radius 2 is 2.03 bits per heavy atom. The minimum absolute atomic E-state index is 0.0635. The number of amides is 1. The standard InChI is InChI=1S/C23H30N4O2/c1-17-4-2-3-5-19(17)12-21(28)26-14-20(23(15-26)8-10-29-11-9-23)22-25-24-16-27(22)13-18-6-7-18/h2-5,16,18,20H,6-15H2,1H3. The van der Waals surface area contributed by atoms with E-state index >= 15 is 0 Å². The van der Waals surface area contributed by atoms with Gasteiger partial charge in [0.05, 0.1) is 6.42 Å². The van der Waals surface area contributed by atoms with Crippen molar-refractivity contribution in [2.45, 2.75) is 51.5 Å². The maximum absolute atomic E-state index is 13.2. The van der Waals surface area contributed by atoms with Crippen molar-refractivity contribution in [1.82, 2.24) is 19.7 Å². The molecule has 1 unspecified atom stereocenters. The number of hydrogen-bond donors (Lipinski definition) is 0. The number of likely N-dealkylation sites (tertiary alicyclic amines) is 1. The molecule has 2 aromatic rings. The van der Waals surface area contributed by atoms with E-state index in [1.807, 2.05) is 18.5 Å². The summed E-state index contributed by atoms with van der Waals surface area (Å²) in [5.41, 5.74) is 2.37. The van der Waals surface area contributed by atoms with E-state index in [9.17, 15) is 4.79 Å². The number of aryl methyl sites for hydroxylation is 1. The molecule has 1 aromatic carbocycles. The van der Waals surface area contributed by atoms with E-state index < -0.39 is 0 Å². The van der Waals surface area contributed by atoms with Crippen LogP contribution in [-0.2, 0) is 22.5 Å². The first kappa shape index (κ1) is 18.8. The van der Waals surface area contributed by atoms with Gasteiger partial charge in [0.2, 0.25) is 5.91 Å². The topological polar surface area (TPSA) is 60.2 Å². The van der Waals surface area contributed by atoms with E-state index in [2.05, 4.69) is 38.7 Å². The van der Waals surface area contributed by atoms with Crippen LogP contribution in [0.4, 0.5) is 0 Å². The molecule has 1 saturated carbocycles. The summed E-state index contributed by atoms with van der Waals surface area (Å²) >= 11 is 0. The number of aromatic nitrogens is 3. The van der Waals surface area contributed by atoms with Crippen LogP contribution in [0.15, 0.2) is 30.6 Å². The van der Waals surface area contributed by atoms with E-state index in [-0.39, 0.29) is 17.2 Å². The average Bonchev–Trinajstić information content (AvgIpc) is 3.31. The van der Waals surface area contributed by atoms with Gasteiger partial charge in [-0.05, 0) is 49.7 Å². The molecular weight excluding hydrogens is 364 g/mol. The lowest BCUT2D eigenvalue weighted by atomic mass is 9.71. The predicted octanol–water partition coefficient (Wildman–Crippen LogP) is 2.96. The summed E-state index contributed by atoms with van der Waals surface area (Å²) in [6.45, 7) is 6.19. The van der Waals surface area contributed by atoms with Gasteiger partial charge in [-0.3, -0.25) is 4.79 Å². The molecule has 1 aromatic heterocycles. The number of rotatable bonds is 5. The molecule has 1 spiro atoms. The van der Waals surface area contributed by atoms with Crippen molar-refractivity contribution in [1.29, 1.82) is 0 Å². The quantitative estimate of drug-likeness (QED) is 0.782. The normalized spacial score (nSPS) is 23.6. The van der Waals surface area contributed by atoms with Gasteiger partial charge in [-0.2, -0.15) is 0 Å². The van der Waals surface area contributed by atoms with Gasteiger partial charge in [0.25, 0.3) is 0 Å². The van der Waals surface area contributed by atoms with Crippen LogP contribution in [0.5, 0.6) is 0 Å². The second-order valence-corrected chi connectivity index (χ2v) is 9.19. The smallest absolute Gasteiger partial charge is 0.227 e. The number of nitrogens with zero attached hydrogens (tertiary/aromatic N) is 4. The molecule has 5 rings (SSSR count). The fourth-order valence-corrected chi connectivity index (χ4v) is 5.14. The molecule has 3 heterocycles. The van der Waals surface area contributed by atoms with Crippen LogP contribution >= 0.6 is 0 Å². The number of ether oxygens (including phenoxy) is 1. The molecule has 2 saturated heterocycles. The number of carbonyl (C=O) groups is 1. The Bertz CT molecular complexity index is 883. The fraction of sp³-hybridized carbons (Fsp3) is 0.609. The van der Waals surface area contributed by atoms with Gasteiger partial charge in [0.1, 0.15) is 12.2 Å². The van der Waals surface area contributed by atoms with E-state index in [1.165, 1.54) is 18.4 Å². The Balaban J connectivity index is 1.39. The maximum Gasteiger partial charge on any atom is 0.227 e. The average molecular weight is 395 g/mol. The van der Waals surface area contributed by atoms with Crippen molar-refractivity contribution in [2.24, 2.45) is 11.3 Å². The summed E-state index contributed by atoms with van der Waals surface area (Å²) in [6, 6.07) is 8.19. The minimum atomic E-state index is 0.0635. The highest BCUT2D eigenvalue weighted by atomic mass is 16.5. The SMILES string of the molecule is Cc1ccccc1CC(=O)N1CC(c2nncn2CC2CC2)C2(CCOCC2)C1. The molecule has 6 nitrogen and oxygen atoms in total. The van der Waals surface area contributed by atoms with E-state index in [4.69, 9.17) is 4.74 Å². The predicted molar refractivity (Wildman–Crippen MR) is 109 cm³/mol. The number of benzene rings is 1. The fourth-order valence-electron chi connectivity index (χ4n) is 5.14. The molecule has 154 valence electrons. The van der Waals surface area contributed by atoms with Gasteiger partial charge < -0.3 is 14.2 Å². The van der Waals surface area contributed by atoms with Gasteiger partial charge in [0.15, 0.2) is 0 Å². The molecule has 2 aliphatic heterocycles. The lowest BCUT2D eigenvalue weighted by Crippen LogP contribution is -2.38. The summed E-state index contributed by atoms with van der Waals surface area (Å²) in [7, 11) is 0. The monoisotopic (exact) mass is 394 g/mol. The zero-order chi connectivity index (χ0) is 19.8. The summed E-state index contributed by atoms with van der Waals surface area (Å²) in [5, 5.41) is 8.81. The largest absolute Gasteiger partial charge is 0.381 e. The highest BCUT2D eigenvalue weighted by Crippen LogP contribution is 2.49. The maximum atomic E-state index is 13.2. The van der Waals surface area contributed by atoms with Crippen LogP contribution in [0, 0.1) is 18.3 Å². The molecule has 0 N–H and O–H groups in total. The third-order valence-corrected chi connectivity index (χ3v) is 7.20. The van der Waals surface area contributed by atoms with E-state index in [0.29, 0.717) is 6.42 Å². The summed E-state index contributed by atoms with van der Waals surface area (Å²) < 4.78 is 7.95. The van der Waals surface area contributed by atoms with Crippen molar-refractivity contribution >= 4 is 5.91 Å². The van der Waals surface area contributed by atoms with Gasteiger partial charge in [-0.25, -0.2) is 0 Å². The van der Waals surface area contributed by atoms with Crippen LogP contribution in [-0.4, -0.2) is 51.9 Å². The zero-order valence-electron chi connectivity index (χ0n) is 17.2. The molecule has 6 heteroatoms. The third kappa shape index (κ3) is 3.70. The van der Waals surface area contributed by atoms with Gasteiger partial charge in [-0.15, -0.1) is 10.2 Å². The Hall–Kier alpha value is -2.21. The molecule has 3 aliphatic rings. The zero-order valence-corrected chi connectivity index (χ0v) is 17.2. The number of carbonyl (C=O) groups excluding carboxylic acids is 1. The molecule has 0 radical (unpaired) electrons. The van der Waals surface area contributed by atoms with Crippen LogP contribution in [0.1, 0.15) is 48.6 Å². The summed E-state index contributed by atoms with van der Waals surface area (Å²) in [4.78, 5) is 15.3. The highest BCUT2D eigenvalue weighted by Gasteiger charge is 2.51. The molecule has 1 aliphatic carbocycles. The van der Waals surface area contributed by atoms with Gasteiger partial charge in [-0.1, -0.05) is 24.3 Å². The molecule has 0 bridgehead atoms. The first-order chi connectivity index (χ1) is 14.1. The van der Waals surface area contributed by atoms with Crippen molar-refractivity contribution in [3.63, 3.8) is 0 Å². The van der Waals surface area contributed by atoms with Gasteiger partial charge >= 0.3 is 0 Å². The Morgan fingerprint density at radius 1 is 1.24 bits per heavy atom. The number of hydrogen-bond acceptors (Lipinski definition) is 4. The van der Waals surface area contributed by atoms with Crippen molar-refractivity contribution in [3.05, 3.63) is 47.5 Å². The first-order valence-corrected chi connectivity index (χ1v) is 10.9. The van der Waals surface area contributed by atoms with E-state index in [1.54, 1.807) is 0 Å². The van der Waals surface area contributed by atoms with Crippen LogP contribution in [0.3, 0.4) is 0 Å². The summed E-state index contributed by atoms with van der Waals surface area (Å²) in [6.07, 6.45) is 6.95. The molecule has 3 fully saturated rings. The third-order valence-electron chi connectivity index (χ3n) is 7.20. The minimum Gasteiger partial charge on any atom is -0.381 e. The van der Waals surface area contributed by atoms with Crippen molar-refractivity contribution < 1.29 is 9.53 Å². The van der Waals surface area contributed by atoms with Crippen molar-refractivity contribution in [3.8, 4) is 0 Å². The molecule has 29 heavy (non-hydrogen) atoms. The van der Waals surface area contributed by atoms with Gasteiger partial charge in [0, 0.05) is 44.2 Å². The lowest BCUT2D eigenvalue weighted by molar-refractivity contribution is -0.130. The Morgan fingerprint density at radius 3 is 2.79 bits per heavy atom. The molecule has 1 atom stereocenters. The van der Waals surface area contributed by atoms with E-state index in [0.717, 1.165) is 63.0 Å². The summed E-state index contributed by atoms with van der Waals surface area (Å²) in [5.74, 6) is 2.31. The molecular formula is C23H30N4O2. The van der Waals surface area contributed by atoms with Crippen LogP contribution < -0.4 is 0 Å². The second-order valence-electron chi connectivity index (χ2n) is 9.19. The van der Waals surface area contributed by atoms with Crippen molar-refractivity contribution in [2.75, 3.05) is 26.3 Å². The van der Waals surface area contributed by atoms with Crippen LogP contribution in [0.25, 0.3) is 0 Å². The second kappa shape index (κ2) is 7.56. The first-order valence-electron chi connectivity index (χ1n) is 10.9. The lowest BCUT2D eigenvalue weighted by Gasteiger charge is -2.37. The molecule has 1 amide bonds. The highest BCUT2D eigenvalue weighted by molar-refractivity contribution is 5.79. The Kier molecular flexibility index (Phi) is 4.90.